The lowest BCUT2D eigenvalue weighted by Crippen LogP contribution is -1.98. The van der Waals surface area contributed by atoms with Gasteiger partial charge < -0.3 is 9.47 Å². The average Bonchev–Trinajstić information content (AvgIpc) is 2.67. The lowest BCUT2D eigenvalue weighted by atomic mass is 10.00. The number of ether oxygens (including phenoxy) is 2. The van der Waals surface area contributed by atoms with Crippen LogP contribution in [-0.2, 0) is 6.42 Å². The molecule has 25 heavy (non-hydrogen) atoms. The number of fused-ring (bicyclic) bond motifs is 2. The molecule has 3 nitrogen and oxygen atoms in total. The van der Waals surface area contributed by atoms with Crippen LogP contribution in [-0.4, -0.2) is 19.2 Å². The zero-order valence-corrected chi connectivity index (χ0v) is 14.3. The van der Waals surface area contributed by atoms with Crippen molar-refractivity contribution in [1.29, 1.82) is 0 Å². The number of methoxy groups -OCH3 is 2. The molecule has 0 aliphatic rings. The maximum absolute atomic E-state index is 5.63. The highest BCUT2D eigenvalue weighted by Gasteiger charge is 2.14. The van der Waals surface area contributed by atoms with Crippen LogP contribution in [0.2, 0.25) is 0 Å². The van der Waals surface area contributed by atoms with Crippen LogP contribution in [0.5, 0.6) is 11.5 Å². The molecule has 0 radical (unpaired) electrons. The Morgan fingerprint density at radius 2 is 1.60 bits per heavy atom. The highest BCUT2D eigenvalue weighted by molar-refractivity contribution is 5.93. The van der Waals surface area contributed by atoms with Crippen molar-refractivity contribution in [3.8, 4) is 11.5 Å². The monoisotopic (exact) mass is 329 g/mol. The second-order valence-electron chi connectivity index (χ2n) is 6.02. The second-order valence-corrected chi connectivity index (χ2v) is 6.02. The number of benzene rings is 3. The molecule has 1 aromatic heterocycles. The summed E-state index contributed by atoms with van der Waals surface area (Å²) in [5, 5.41) is 4.60. The Kier molecular flexibility index (Phi) is 3.98. The SMILES string of the molecule is COc1ccc2ccnc(Cc3ccc4ccccc4c3)c2c1OC. The standard InChI is InChI=1S/C22H19NO2/c1-24-20-10-9-17-11-12-23-19(21(17)22(20)25-2)14-15-7-8-16-5-3-4-6-18(16)13-15/h3-13H,14H2,1-2H3. The van der Waals surface area contributed by atoms with Gasteiger partial charge in [0.05, 0.1) is 19.9 Å². The summed E-state index contributed by atoms with van der Waals surface area (Å²) in [4.78, 5) is 4.63. The molecule has 124 valence electrons. The van der Waals surface area contributed by atoms with Crippen molar-refractivity contribution in [3.63, 3.8) is 0 Å². The molecule has 0 aliphatic carbocycles. The van der Waals surface area contributed by atoms with Crippen molar-refractivity contribution in [3.05, 3.63) is 78.1 Å². The van der Waals surface area contributed by atoms with Crippen molar-refractivity contribution < 1.29 is 9.47 Å². The number of hydrogen-bond acceptors (Lipinski definition) is 3. The van der Waals surface area contributed by atoms with Crippen LogP contribution in [0, 0.1) is 0 Å². The van der Waals surface area contributed by atoms with E-state index in [-0.39, 0.29) is 0 Å². The molecule has 0 spiro atoms. The number of rotatable bonds is 4. The quantitative estimate of drug-likeness (QED) is 0.528. The van der Waals surface area contributed by atoms with Gasteiger partial charge in [-0.15, -0.1) is 0 Å². The summed E-state index contributed by atoms with van der Waals surface area (Å²) in [7, 11) is 3.33. The zero-order valence-electron chi connectivity index (χ0n) is 14.3. The zero-order chi connectivity index (χ0) is 17.2. The maximum atomic E-state index is 5.63. The van der Waals surface area contributed by atoms with Gasteiger partial charge in [0.15, 0.2) is 11.5 Å². The Bertz CT molecular complexity index is 1060. The fourth-order valence-corrected chi connectivity index (χ4v) is 3.33. The normalized spacial score (nSPS) is 11.0. The fraction of sp³-hybridized carbons (Fsp3) is 0.136. The predicted molar refractivity (Wildman–Crippen MR) is 102 cm³/mol. The molecule has 0 unspecified atom stereocenters. The molecule has 3 aromatic carbocycles. The summed E-state index contributed by atoms with van der Waals surface area (Å²) >= 11 is 0. The van der Waals surface area contributed by atoms with Gasteiger partial charge in [-0.2, -0.15) is 0 Å². The summed E-state index contributed by atoms with van der Waals surface area (Å²) in [5.41, 5.74) is 2.21. The topological polar surface area (TPSA) is 31.4 Å². The van der Waals surface area contributed by atoms with E-state index in [9.17, 15) is 0 Å². The van der Waals surface area contributed by atoms with Gasteiger partial charge >= 0.3 is 0 Å². The van der Waals surface area contributed by atoms with E-state index >= 15 is 0 Å². The molecular weight excluding hydrogens is 310 g/mol. The van der Waals surface area contributed by atoms with Crippen LogP contribution in [0.4, 0.5) is 0 Å². The summed E-state index contributed by atoms with van der Waals surface area (Å²) in [5.74, 6) is 1.46. The Morgan fingerprint density at radius 1 is 0.800 bits per heavy atom. The Labute approximate surface area is 146 Å². The first-order valence-electron chi connectivity index (χ1n) is 8.26. The Balaban J connectivity index is 1.85. The molecule has 0 fully saturated rings. The third kappa shape index (κ3) is 2.78. The van der Waals surface area contributed by atoms with E-state index in [1.165, 1.54) is 16.3 Å². The van der Waals surface area contributed by atoms with Crippen LogP contribution in [0.25, 0.3) is 21.5 Å². The third-order valence-electron chi connectivity index (χ3n) is 4.54. The first-order chi connectivity index (χ1) is 12.3. The largest absolute Gasteiger partial charge is 0.493 e. The first kappa shape index (κ1) is 15.5. The minimum absolute atomic E-state index is 0.725. The summed E-state index contributed by atoms with van der Waals surface area (Å²) in [6.45, 7) is 0. The van der Waals surface area contributed by atoms with Gasteiger partial charge in [0.25, 0.3) is 0 Å². The molecule has 0 atom stereocenters. The van der Waals surface area contributed by atoms with Crippen LogP contribution in [0.3, 0.4) is 0 Å². The van der Waals surface area contributed by atoms with Gasteiger partial charge in [0, 0.05) is 18.0 Å². The molecule has 0 amide bonds. The van der Waals surface area contributed by atoms with E-state index in [0.717, 1.165) is 34.4 Å². The molecule has 3 heteroatoms. The Morgan fingerprint density at radius 3 is 2.40 bits per heavy atom. The minimum Gasteiger partial charge on any atom is -0.493 e. The number of aromatic nitrogens is 1. The van der Waals surface area contributed by atoms with Gasteiger partial charge in [-0.25, -0.2) is 0 Å². The maximum Gasteiger partial charge on any atom is 0.170 e. The number of pyridine rings is 1. The molecular formula is C22H19NO2. The number of nitrogens with zero attached hydrogens (tertiary/aromatic N) is 1. The lowest BCUT2D eigenvalue weighted by molar-refractivity contribution is 0.358. The predicted octanol–water partition coefficient (Wildman–Crippen LogP) is 5.00. The highest BCUT2D eigenvalue weighted by atomic mass is 16.5. The summed E-state index contributed by atoms with van der Waals surface area (Å²) in [6, 6.07) is 20.9. The van der Waals surface area contributed by atoms with Crippen LogP contribution in [0.1, 0.15) is 11.3 Å². The van der Waals surface area contributed by atoms with E-state index in [1.54, 1.807) is 14.2 Å². The van der Waals surface area contributed by atoms with Crippen molar-refractivity contribution in [2.24, 2.45) is 0 Å². The molecule has 0 saturated heterocycles. The van der Waals surface area contributed by atoms with Crippen molar-refractivity contribution in [2.75, 3.05) is 14.2 Å². The van der Waals surface area contributed by atoms with Crippen molar-refractivity contribution in [1.82, 2.24) is 4.98 Å². The highest BCUT2D eigenvalue weighted by Crippen LogP contribution is 2.37. The molecule has 1 heterocycles. The average molecular weight is 329 g/mol. The van der Waals surface area contributed by atoms with Gasteiger partial charge in [-0.1, -0.05) is 48.5 Å². The second kappa shape index (κ2) is 6.44. The molecule has 0 bridgehead atoms. The van der Waals surface area contributed by atoms with Gasteiger partial charge in [0.1, 0.15) is 0 Å². The summed E-state index contributed by atoms with van der Waals surface area (Å²) < 4.78 is 11.1. The van der Waals surface area contributed by atoms with E-state index in [0.29, 0.717) is 0 Å². The van der Waals surface area contributed by atoms with Gasteiger partial charge in [-0.3, -0.25) is 4.98 Å². The van der Waals surface area contributed by atoms with Crippen LogP contribution < -0.4 is 9.47 Å². The first-order valence-corrected chi connectivity index (χ1v) is 8.26. The van der Waals surface area contributed by atoms with E-state index in [2.05, 4.69) is 47.4 Å². The van der Waals surface area contributed by atoms with Crippen LogP contribution >= 0.6 is 0 Å². The molecule has 0 saturated carbocycles. The van der Waals surface area contributed by atoms with E-state index in [1.807, 2.05) is 24.4 Å². The summed E-state index contributed by atoms with van der Waals surface area (Å²) in [6.07, 6.45) is 2.59. The van der Waals surface area contributed by atoms with E-state index < -0.39 is 0 Å². The van der Waals surface area contributed by atoms with Crippen LogP contribution in [0.15, 0.2) is 66.9 Å². The number of hydrogen-bond donors (Lipinski definition) is 0. The van der Waals surface area contributed by atoms with Crippen molar-refractivity contribution >= 4 is 21.5 Å². The molecule has 4 rings (SSSR count). The Hall–Kier alpha value is -3.07. The molecule has 0 aliphatic heterocycles. The van der Waals surface area contributed by atoms with Crippen molar-refractivity contribution in [2.45, 2.75) is 6.42 Å². The van der Waals surface area contributed by atoms with E-state index in [4.69, 9.17) is 9.47 Å². The van der Waals surface area contributed by atoms with Gasteiger partial charge in [0.2, 0.25) is 0 Å². The molecule has 0 N–H and O–H groups in total. The lowest BCUT2D eigenvalue weighted by Gasteiger charge is -2.13. The smallest absolute Gasteiger partial charge is 0.170 e. The molecule has 4 aromatic rings. The minimum atomic E-state index is 0.725. The third-order valence-corrected chi connectivity index (χ3v) is 4.54. The van der Waals surface area contributed by atoms with Gasteiger partial charge in [-0.05, 0) is 33.9 Å². The fourth-order valence-electron chi connectivity index (χ4n) is 3.33.